The van der Waals surface area contributed by atoms with Gasteiger partial charge in [-0.25, -0.2) is 4.99 Å². The molecule has 1 atom stereocenters. The van der Waals surface area contributed by atoms with Crippen LogP contribution in [0.2, 0.25) is 0 Å². The average Bonchev–Trinajstić information content (AvgIpc) is 2.64. The van der Waals surface area contributed by atoms with Crippen molar-refractivity contribution in [1.29, 1.82) is 0 Å². The van der Waals surface area contributed by atoms with Crippen molar-refractivity contribution in [3.8, 4) is 0 Å². The van der Waals surface area contributed by atoms with E-state index in [4.69, 9.17) is 0 Å². The Balaban J connectivity index is 0.00000338. The van der Waals surface area contributed by atoms with Crippen molar-refractivity contribution in [2.75, 3.05) is 18.4 Å². The molecule has 0 saturated carbocycles. The van der Waals surface area contributed by atoms with Gasteiger partial charge in [0.1, 0.15) is 0 Å². The summed E-state index contributed by atoms with van der Waals surface area (Å²) in [5, 5.41) is 10.3. The van der Waals surface area contributed by atoms with Gasteiger partial charge in [0.15, 0.2) is 5.96 Å². The quantitative estimate of drug-likeness (QED) is 0.313. The number of benzene rings is 1. The minimum atomic E-state index is 0. The number of hydrogen-bond acceptors (Lipinski definition) is 3. The topological polar surface area (TPSA) is 61.3 Å². The average molecular weight is 467 g/mol. The van der Waals surface area contributed by atoms with Gasteiger partial charge in [-0.2, -0.15) is 0 Å². The molecule has 0 aliphatic carbocycles. The number of halogens is 1. The Bertz CT molecular complexity index is 631. The number of para-hydroxylation sites is 1. The number of guanidine groups is 1. The summed E-state index contributed by atoms with van der Waals surface area (Å²) in [7, 11) is 0. The molecule has 1 heterocycles. The minimum Gasteiger partial charge on any atom is -0.380 e. The van der Waals surface area contributed by atoms with Gasteiger partial charge in [-0.1, -0.05) is 38.1 Å². The van der Waals surface area contributed by atoms with Crippen LogP contribution in [0.4, 0.5) is 5.69 Å². The van der Waals surface area contributed by atoms with Crippen LogP contribution in [0, 0.1) is 5.92 Å². The molecule has 6 heteroatoms. The summed E-state index contributed by atoms with van der Waals surface area (Å²) in [5.74, 6) is 1.31. The number of anilines is 1. The van der Waals surface area contributed by atoms with E-state index in [9.17, 15) is 0 Å². The highest BCUT2D eigenvalue weighted by Crippen LogP contribution is 2.11. The lowest BCUT2D eigenvalue weighted by atomic mass is 10.0. The van der Waals surface area contributed by atoms with E-state index in [1.165, 1.54) is 0 Å². The van der Waals surface area contributed by atoms with Crippen LogP contribution < -0.4 is 16.0 Å². The van der Waals surface area contributed by atoms with Crippen LogP contribution in [0.5, 0.6) is 0 Å². The fourth-order valence-electron chi connectivity index (χ4n) is 2.40. The van der Waals surface area contributed by atoms with Crippen LogP contribution >= 0.6 is 24.0 Å². The molecule has 2 aromatic rings. The lowest BCUT2D eigenvalue weighted by Crippen LogP contribution is -2.44. The maximum atomic E-state index is 4.63. The summed E-state index contributed by atoms with van der Waals surface area (Å²) in [6, 6.07) is 16.5. The molecule has 0 bridgehead atoms. The highest BCUT2D eigenvalue weighted by Gasteiger charge is 2.13. The summed E-state index contributed by atoms with van der Waals surface area (Å²) in [6.07, 6.45) is 1.80. The third kappa shape index (κ3) is 8.03. The Kier molecular flexibility index (Phi) is 10.7. The van der Waals surface area contributed by atoms with E-state index >= 15 is 0 Å². The van der Waals surface area contributed by atoms with Crippen LogP contribution in [-0.4, -0.2) is 30.1 Å². The first-order valence-electron chi connectivity index (χ1n) is 8.92. The maximum Gasteiger partial charge on any atom is 0.191 e. The third-order valence-corrected chi connectivity index (χ3v) is 3.89. The van der Waals surface area contributed by atoms with Crippen molar-refractivity contribution in [1.82, 2.24) is 15.6 Å². The molecule has 0 saturated heterocycles. The lowest BCUT2D eigenvalue weighted by molar-refractivity contribution is 0.512. The van der Waals surface area contributed by atoms with Crippen LogP contribution in [-0.2, 0) is 6.54 Å². The number of nitrogens with zero attached hydrogens (tertiary/aromatic N) is 2. The Labute approximate surface area is 174 Å². The number of nitrogens with one attached hydrogen (secondary N) is 3. The van der Waals surface area contributed by atoms with Crippen molar-refractivity contribution in [3.05, 3.63) is 60.4 Å². The Hall–Kier alpha value is -1.83. The zero-order chi connectivity index (χ0) is 17.9. The molecule has 0 radical (unpaired) electrons. The van der Waals surface area contributed by atoms with Gasteiger partial charge >= 0.3 is 0 Å². The molecule has 0 aliphatic rings. The van der Waals surface area contributed by atoms with E-state index in [0.29, 0.717) is 18.5 Å². The zero-order valence-corrected chi connectivity index (χ0v) is 18.1. The lowest BCUT2D eigenvalue weighted by Gasteiger charge is -2.25. The molecule has 1 aromatic carbocycles. The van der Waals surface area contributed by atoms with Gasteiger partial charge in [0.05, 0.1) is 12.2 Å². The smallest absolute Gasteiger partial charge is 0.191 e. The van der Waals surface area contributed by atoms with E-state index in [1.807, 2.05) is 36.4 Å². The SMILES string of the molecule is CCNC(=NCc1ccccn1)NCC(Nc1ccccc1)C(C)C.I. The molecule has 1 aromatic heterocycles. The van der Waals surface area contributed by atoms with E-state index in [2.05, 4.69) is 58.8 Å². The molecule has 1 unspecified atom stereocenters. The van der Waals surface area contributed by atoms with Gasteiger partial charge in [0.2, 0.25) is 0 Å². The summed E-state index contributed by atoms with van der Waals surface area (Å²) < 4.78 is 0. The predicted octanol–water partition coefficient (Wildman–Crippen LogP) is 3.89. The number of hydrogen-bond donors (Lipinski definition) is 3. The molecule has 26 heavy (non-hydrogen) atoms. The molecular weight excluding hydrogens is 437 g/mol. The first-order chi connectivity index (χ1) is 12.2. The van der Waals surface area contributed by atoms with Crippen LogP contribution in [0.3, 0.4) is 0 Å². The van der Waals surface area contributed by atoms with Crippen molar-refractivity contribution < 1.29 is 0 Å². The van der Waals surface area contributed by atoms with Crippen molar-refractivity contribution in [2.24, 2.45) is 10.9 Å². The van der Waals surface area contributed by atoms with Gasteiger partial charge < -0.3 is 16.0 Å². The highest BCUT2D eigenvalue weighted by molar-refractivity contribution is 14.0. The second-order valence-electron chi connectivity index (χ2n) is 6.26. The molecule has 5 nitrogen and oxygen atoms in total. The molecule has 2 rings (SSSR count). The first-order valence-corrected chi connectivity index (χ1v) is 8.92. The van der Waals surface area contributed by atoms with Crippen LogP contribution in [0.1, 0.15) is 26.5 Å². The van der Waals surface area contributed by atoms with Crippen LogP contribution in [0.15, 0.2) is 59.7 Å². The van der Waals surface area contributed by atoms with Gasteiger partial charge in [-0.15, -0.1) is 24.0 Å². The monoisotopic (exact) mass is 467 g/mol. The van der Waals surface area contributed by atoms with Gasteiger partial charge in [-0.3, -0.25) is 4.98 Å². The highest BCUT2D eigenvalue weighted by atomic mass is 127. The fourth-order valence-corrected chi connectivity index (χ4v) is 2.40. The van der Waals surface area contributed by atoms with Crippen molar-refractivity contribution >= 4 is 35.6 Å². The summed E-state index contributed by atoms with van der Waals surface area (Å²) in [6.45, 7) is 8.70. The Morgan fingerprint density at radius 3 is 2.38 bits per heavy atom. The number of pyridine rings is 1. The van der Waals surface area contributed by atoms with Crippen LogP contribution in [0.25, 0.3) is 0 Å². The molecule has 3 N–H and O–H groups in total. The van der Waals surface area contributed by atoms with E-state index < -0.39 is 0 Å². The zero-order valence-electron chi connectivity index (χ0n) is 15.8. The second kappa shape index (κ2) is 12.5. The molecule has 0 aliphatic heterocycles. The van der Waals surface area contributed by atoms with Gasteiger partial charge in [0.25, 0.3) is 0 Å². The summed E-state index contributed by atoms with van der Waals surface area (Å²) in [5.41, 5.74) is 2.10. The molecule has 0 fully saturated rings. The van der Waals surface area contributed by atoms with E-state index in [0.717, 1.165) is 30.4 Å². The second-order valence-corrected chi connectivity index (χ2v) is 6.26. The number of aromatic nitrogens is 1. The number of rotatable bonds is 8. The Morgan fingerprint density at radius 1 is 1.04 bits per heavy atom. The largest absolute Gasteiger partial charge is 0.380 e. The van der Waals surface area contributed by atoms with Gasteiger partial charge in [0, 0.05) is 31.0 Å². The maximum absolute atomic E-state index is 4.63. The standard InChI is InChI=1S/C20H29N5.HI/c1-4-21-20(23-14-18-12-8-9-13-22-18)24-15-19(16(2)3)25-17-10-6-5-7-11-17;/h5-13,16,19,25H,4,14-15H2,1-3H3,(H2,21,23,24);1H. The molecular formula is C20H30IN5. The third-order valence-electron chi connectivity index (χ3n) is 3.89. The van der Waals surface area contributed by atoms with E-state index in [1.54, 1.807) is 6.20 Å². The molecule has 0 amide bonds. The van der Waals surface area contributed by atoms with Crippen molar-refractivity contribution in [2.45, 2.75) is 33.4 Å². The Morgan fingerprint density at radius 2 is 1.77 bits per heavy atom. The fraction of sp³-hybridized carbons (Fsp3) is 0.400. The molecule has 142 valence electrons. The van der Waals surface area contributed by atoms with Gasteiger partial charge in [-0.05, 0) is 37.1 Å². The first kappa shape index (κ1) is 22.2. The summed E-state index contributed by atoms with van der Waals surface area (Å²) in [4.78, 5) is 8.94. The number of aliphatic imine (C=N–C) groups is 1. The minimum absolute atomic E-state index is 0. The summed E-state index contributed by atoms with van der Waals surface area (Å²) >= 11 is 0. The molecule has 0 spiro atoms. The normalized spacial score (nSPS) is 12.2. The van der Waals surface area contributed by atoms with Crippen molar-refractivity contribution in [3.63, 3.8) is 0 Å². The van der Waals surface area contributed by atoms with E-state index in [-0.39, 0.29) is 24.0 Å². The predicted molar refractivity (Wildman–Crippen MR) is 121 cm³/mol.